The van der Waals surface area contributed by atoms with Crippen LogP contribution in [0.1, 0.15) is 52.9 Å². The van der Waals surface area contributed by atoms with E-state index in [9.17, 15) is 24.3 Å². The van der Waals surface area contributed by atoms with Crippen molar-refractivity contribution < 1.29 is 33.8 Å². The van der Waals surface area contributed by atoms with Crippen LogP contribution in [0.25, 0.3) is 0 Å². The Hall–Kier alpha value is -3.21. The summed E-state index contributed by atoms with van der Waals surface area (Å²) in [7, 11) is 0. The first-order valence-electron chi connectivity index (χ1n) is 15.4. The van der Waals surface area contributed by atoms with E-state index in [4.69, 9.17) is 21.1 Å². The molecule has 0 saturated carbocycles. The highest BCUT2D eigenvalue weighted by atomic mass is 35.5. The number of hydrogen-bond acceptors (Lipinski definition) is 7. The molecule has 3 heterocycles. The summed E-state index contributed by atoms with van der Waals surface area (Å²) in [5, 5.41) is 13.7. The lowest BCUT2D eigenvalue weighted by Gasteiger charge is -2.41. The van der Waals surface area contributed by atoms with E-state index in [1.54, 1.807) is 43.3 Å². The number of anilines is 1. The van der Waals surface area contributed by atoms with E-state index >= 15 is 0 Å². The zero-order valence-corrected chi connectivity index (χ0v) is 26.5. The summed E-state index contributed by atoms with van der Waals surface area (Å²) in [6.45, 7) is 12.9. The van der Waals surface area contributed by atoms with Crippen LogP contribution in [0, 0.1) is 17.8 Å². The minimum atomic E-state index is -1.29. The third-order valence-electron chi connectivity index (χ3n) is 9.29. The van der Waals surface area contributed by atoms with Crippen LogP contribution >= 0.6 is 11.6 Å². The maximum Gasteiger partial charge on any atom is 0.312 e. The van der Waals surface area contributed by atoms with Gasteiger partial charge in [-0.25, -0.2) is 0 Å². The van der Waals surface area contributed by atoms with Gasteiger partial charge in [-0.05, 0) is 44.2 Å². The minimum absolute atomic E-state index is 0.117. The Kier molecular flexibility index (Phi) is 10.9. The molecule has 240 valence electrons. The number of esters is 1. The average molecular weight is 630 g/mol. The molecule has 44 heavy (non-hydrogen) atoms. The molecule has 1 aromatic rings. The number of nitrogens with one attached hydrogen (secondary N) is 1. The van der Waals surface area contributed by atoms with Gasteiger partial charge in [0.05, 0.1) is 47.8 Å². The Morgan fingerprint density at radius 2 is 2.00 bits per heavy atom. The predicted molar refractivity (Wildman–Crippen MR) is 167 cm³/mol. The largest absolute Gasteiger partial charge is 0.460 e. The molecule has 3 amide bonds. The highest BCUT2D eigenvalue weighted by Gasteiger charge is 2.76. The number of allylic oxidation sites excluding steroid dienone is 1. The van der Waals surface area contributed by atoms with Crippen molar-refractivity contribution in [1.82, 2.24) is 10.2 Å². The second kappa shape index (κ2) is 14.3. The number of para-hydroxylation sites is 1. The van der Waals surface area contributed by atoms with Crippen molar-refractivity contribution in [2.75, 3.05) is 24.6 Å². The summed E-state index contributed by atoms with van der Waals surface area (Å²) in [5.74, 6) is -3.65. The van der Waals surface area contributed by atoms with Crippen LogP contribution in [-0.4, -0.2) is 83.3 Å². The molecular weight excluding hydrogens is 586 g/mol. The van der Waals surface area contributed by atoms with Crippen LogP contribution in [-0.2, 0) is 28.7 Å². The van der Waals surface area contributed by atoms with Gasteiger partial charge in [-0.3, -0.25) is 19.2 Å². The van der Waals surface area contributed by atoms with Crippen molar-refractivity contribution in [2.24, 2.45) is 17.8 Å². The maximum atomic E-state index is 14.7. The summed E-state index contributed by atoms with van der Waals surface area (Å²) < 4.78 is 12.3. The van der Waals surface area contributed by atoms with Crippen molar-refractivity contribution in [2.45, 2.75) is 82.8 Å². The molecule has 2 N–H and O–H groups in total. The van der Waals surface area contributed by atoms with Crippen LogP contribution in [0.2, 0.25) is 5.02 Å². The molecule has 10 nitrogen and oxygen atoms in total. The fraction of sp³-hybridized carbons (Fsp3) is 0.576. The van der Waals surface area contributed by atoms with Gasteiger partial charge < -0.3 is 29.7 Å². The number of ether oxygens (including phenoxy) is 2. The van der Waals surface area contributed by atoms with Gasteiger partial charge in [0.2, 0.25) is 11.8 Å². The fourth-order valence-electron chi connectivity index (χ4n) is 6.96. The standard InChI is InChI=1S/C33H44ClN3O7/c1-6-9-14-26(39)35-18-21(5)43-32(42)27-25-15-16-33(44-25)28(27)30(40)37(24(19-38)20(4)8-3)29(33)31(41)36(17-7-2)23-13-11-10-12-22(23)34/h6-7,10-13,20-21,24-25,27-29,38H,1-2,8-9,14-19H2,3-5H3,(H,35,39)/t20-,21+,24-,25-,27+,28+,29-,33+/m0/s1. The smallest absolute Gasteiger partial charge is 0.312 e. The molecule has 2 bridgehead atoms. The third-order valence-corrected chi connectivity index (χ3v) is 9.61. The third kappa shape index (κ3) is 6.17. The lowest BCUT2D eigenvalue weighted by Crippen LogP contribution is -2.60. The lowest BCUT2D eigenvalue weighted by molar-refractivity contribution is -0.160. The number of rotatable bonds is 15. The first-order chi connectivity index (χ1) is 21.1. The van der Waals surface area contributed by atoms with Crippen LogP contribution in [0.4, 0.5) is 5.69 Å². The van der Waals surface area contributed by atoms with Gasteiger partial charge in [0.25, 0.3) is 5.91 Å². The molecule has 0 aliphatic carbocycles. The highest BCUT2D eigenvalue weighted by molar-refractivity contribution is 6.34. The number of nitrogens with zero attached hydrogens (tertiary/aromatic N) is 2. The van der Waals surface area contributed by atoms with Gasteiger partial charge in [0, 0.05) is 13.0 Å². The maximum absolute atomic E-state index is 14.7. The van der Waals surface area contributed by atoms with Crippen molar-refractivity contribution in [3.8, 4) is 0 Å². The Bertz CT molecular complexity index is 1270. The van der Waals surface area contributed by atoms with Gasteiger partial charge in [-0.1, -0.05) is 56.2 Å². The van der Waals surface area contributed by atoms with E-state index in [2.05, 4.69) is 18.5 Å². The Labute approximate surface area is 264 Å². The van der Waals surface area contributed by atoms with Gasteiger partial charge >= 0.3 is 5.97 Å². The average Bonchev–Trinajstić information content (AvgIpc) is 3.65. The van der Waals surface area contributed by atoms with Crippen LogP contribution in [0.3, 0.4) is 0 Å². The minimum Gasteiger partial charge on any atom is -0.460 e. The lowest BCUT2D eigenvalue weighted by atomic mass is 9.70. The first kappa shape index (κ1) is 33.7. The first-order valence-corrected chi connectivity index (χ1v) is 15.8. The molecule has 0 aromatic heterocycles. The van der Waals surface area contributed by atoms with Gasteiger partial charge in [0.15, 0.2) is 0 Å². The SMILES string of the molecule is C=CCCC(=O)NC[C@@H](C)OC(=O)[C@@H]1[C@@H]2CC[C@]3(O2)[C@H](C(=O)N(CC=C)c2ccccc2Cl)N([C@@H](CO)[C@@H](C)CC)C(=O)[C@@H]13. The molecule has 1 spiro atoms. The number of carbonyl (C=O) groups excluding carboxylic acids is 4. The summed E-state index contributed by atoms with van der Waals surface area (Å²) >= 11 is 6.53. The highest BCUT2D eigenvalue weighted by Crippen LogP contribution is 2.59. The number of aliphatic hydroxyl groups excluding tert-OH is 1. The summed E-state index contributed by atoms with van der Waals surface area (Å²) in [4.78, 5) is 57.8. The summed E-state index contributed by atoms with van der Waals surface area (Å²) in [5.41, 5.74) is -0.825. The predicted octanol–water partition coefficient (Wildman–Crippen LogP) is 3.65. The molecule has 3 aliphatic rings. The second-order valence-electron chi connectivity index (χ2n) is 12.0. The Morgan fingerprint density at radius 1 is 1.27 bits per heavy atom. The van der Waals surface area contributed by atoms with E-state index in [0.29, 0.717) is 36.4 Å². The normalized spacial score (nSPS) is 27.3. The molecule has 8 atom stereocenters. The number of halogens is 1. The van der Waals surface area contributed by atoms with Crippen molar-refractivity contribution in [3.63, 3.8) is 0 Å². The summed E-state index contributed by atoms with van der Waals surface area (Å²) in [6.07, 6.45) is 4.32. The molecule has 1 aromatic carbocycles. The van der Waals surface area contributed by atoms with Crippen LogP contribution < -0.4 is 10.2 Å². The summed E-state index contributed by atoms with van der Waals surface area (Å²) in [6, 6.07) is 5.16. The molecule has 11 heteroatoms. The zero-order valence-electron chi connectivity index (χ0n) is 25.7. The van der Waals surface area contributed by atoms with E-state index in [1.165, 1.54) is 9.80 Å². The van der Waals surface area contributed by atoms with E-state index in [0.717, 1.165) is 0 Å². The monoisotopic (exact) mass is 629 g/mol. The van der Waals surface area contributed by atoms with Crippen molar-refractivity contribution in [1.29, 1.82) is 0 Å². The number of amides is 3. The number of hydrogen-bond donors (Lipinski definition) is 2. The molecule has 0 radical (unpaired) electrons. The molecule has 3 aliphatic heterocycles. The molecule has 3 fully saturated rings. The van der Waals surface area contributed by atoms with Gasteiger partial charge in [0.1, 0.15) is 17.7 Å². The molecule has 4 rings (SSSR count). The van der Waals surface area contributed by atoms with Crippen molar-refractivity contribution in [3.05, 3.63) is 54.6 Å². The van der Waals surface area contributed by atoms with E-state index in [1.807, 2.05) is 13.8 Å². The van der Waals surface area contributed by atoms with Crippen LogP contribution in [0.15, 0.2) is 49.6 Å². The number of likely N-dealkylation sites (tertiary alicyclic amines) is 1. The fourth-order valence-corrected chi connectivity index (χ4v) is 7.20. The quantitative estimate of drug-likeness (QED) is 0.224. The number of aliphatic hydroxyl groups is 1. The number of fused-ring (bicyclic) bond motifs is 1. The number of carbonyl (C=O) groups is 4. The van der Waals surface area contributed by atoms with Gasteiger partial charge in [-0.2, -0.15) is 0 Å². The van der Waals surface area contributed by atoms with E-state index < -0.39 is 59.5 Å². The Balaban J connectivity index is 1.68. The zero-order chi connectivity index (χ0) is 32.2. The number of benzene rings is 1. The van der Waals surface area contributed by atoms with E-state index in [-0.39, 0.29) is 37.9 Å². The topological polar surface area (TPSA) is 125 Å². The molecule has 3 saturated heterocycles. The second-order valence-corrected chi connectivity index (χ2v) is 12.4. The van der Waals surface area contributed by atoms with Crippen molar-refractivity contribution >= 4 is 41.0 Å². The van der Waals surface area contributed by atoms with Crippen LogP contribution in [0.5, 0.6) is 0 Å². The Morgan fingerprint density at radius 3 is 2.64 bits per heavy atom. The molecular formula is C33H44ClN3O7. The molecule has 0 unspecified atom stereocenters. The van der Waals surface area contributed by atoms with Gasteiger partial charge in [-0.15, -0.1) is 13.2 Å².